The average molecular weight is 563 g/mol. The third-order valence-electron chi connectivity index (χ3n) is 3.52. The van der Waals surface area contributed by atoms with Crippen LogP contribution >= 0.6 is 31.3 Å². The molecule has 0 bridgehead atoms. The maximum absolute atomic E-state index is 12.0. The first kappa shape index (κ1) is 28.4. The summed E-state index contributed by atoms with van der Waals surface area (Å²) < 4.78 is 66.6. The first-order valence-corrected chi connectivity index (χ1v) is 14.0. The summed E-state index contributed by atoms with van der Waals surface area (Å²) in [5, 5.41) is 10.3. The van der Waals surface area contributed by atoms with Crippen molar-refractivity contribution in [1.29, 1.82) is 0 Å². The summed E-state index contributed by atoms with van der Waals surface area (Å²) in [4.78, 5) is 69.1. The molecule has 2 unspecified atom stereocenters. The number of phosphoric ester groups is 2. The Labute approximate surface area is 182 Å². The van der Waals surface area contributed by atoms with Gasteiger partial charge in [-0.2, -0.15) is 13.6 Å². The molecule has 0 saturated carbocycles. The fourth-order valence-electron chi connectivity index (χ4n) is 2.44. The molecule has 9 N–H and O–H groups in total. The monoisotopic (exact) mass is 563 g/mol. The first-order valence-electron chi connectivity index (χ1n) is 7.99. The van der Waals surface area contributed by atoms with Gasteiger partial charge in [0.1, 0.15) is 24.1 Å². The fraction of sp³-hybridized carbons (Fsp3) is 0.556. The van der Waals surface area contributed by atoms with Gasteiger partial charge in [0, 0.05) is 6.20 Å². The Kier molecular flexibility index (Phi) is 8.60. The second-order valence-corrected chi connectivity index (χ2v) is 11.7. The second kappa shape index (κ2) is 10.0. The molecule has 1 fully saturated rings. The van der Waals surface area contributed by atoms with Crippen LogP contribution in [0.5, 0.6) is 0 Å². The summed E-state index contributed by atoms with van der Waals surface area (Å²) in [5.41, 5.74) is 4.24. The van der Waals surface area contributed by atoms with Gasteiger partial charge in [0.15, 0.2) is 6.23 Å². The lowest BCUT2D eigenvalue weighted by molar-refractivity contribution is -0.0534. The number of hydrogen-bond acceptors (Lipinski definition) is 13. The molecule has 2 heterocycles. The van der Waals surface area contributed by atoms with E-state index in [1.165, 1.54) is 0 Å². The number of hydrogen-bond donors (Lipinski definition) is 8. The van der Waals surface area contributed by atoms with Gasteiger partial charge in [0.05, 0.1) is 6.61 Å². The highest BCUT2D eigenvalue weighted by Gasteiger charge is 2.50. The molecule has 24 heteroatoms. The summed E-state index contributed by atoms with van der Waals surface area (Å²) in [6.07, 6.45) is -6.59. The van der Waals surface area contributed by atoms with Crippen molar-refractivity contribution in [1.82, 2.24) is 9.55 Å². The largest absolute Gasteiger partial charge is 0.490 e. The van der Waals surface area contributed by atoms with Crippen molar-refractivity contribution in [3.8, 4) is 0 Å². The summed E-state index contributed by atoms with van der Waals surface area (Å²) in [6, 6.07) is 1.09. The lowest BCUT2D eigenvalue weighted by Gasteiger charge is -2.22. The predicted octanol–water partition coefficient (Wildman–Crippen LogP) is -2.10. The van der Waals surface area contributed by atoms with Crippen LogP contribution in [0.1, 0.15) is 6.23 Å². The molecule has 6 atom stereocenters. The lowest BCUT2D eigenvalue weighted by Crippen LogP contribution is -2.37. The van der Waals surface area contributed by atoms with Crippen LogP contribution in [0, 0.1) is 0 Å². The van der Waals surface area contributed by atoms with E-state index in [0.29, 0.717) is 4.57 Å². The molecule has 1 aliphatic rings. The van der Waals surface area contributed by atoms with E-state index >= 15 is 0 Å². The third kappa shape index (κ3) is 8.69. The minimum atomic E-state index is -5.82. The molecule has 0 aliphatic carbocycles. The number of nitrogen functional groups attached to an aromatic ring is 1. The minimum absolute atomic E-state index is 0.230. The van der Waals surface area contributed by atoms with Crippen LogP contribution in [0.25, 0.3) is 0 Å². The van der Waals surface area contributed by atoms with Crippen molar-refractivity contribution in [2.24, 2.45) is 0 Å². The summed E-state index contributed by atoms with van der Waals surface area (Å²) in [6.45, 7) is -1.19. The van der Waals surface area contributed by atoms with Gasteiger partial charge < -0.3 is 44.9 Å². The Morgan fingerprint density at radius 2 is 1.64 bits per heavy atom. The number of anilines is 1. The molecular formula is C9H17N3O17P4. The molecule has 1 aliphatic heterocycles. The van der Waals surface area contributed by atoms with Crippen molar-refractivity contribution in [3.63, 3.8) is 0 Å². The summed E-state index contributed by atoms with van der Waals surface area (Å²) in [7, 11) is -22.4. The second-order valence-electron chi connectivity index (χ2n) is 6.05. The van der Waals surface area contributed by atoms with Crippen molar-refractivity contribution in [2.75, 3.05) is 12.3 Å². The topological polar surface area (TPSA) is 317 Å². The zero-order chi connectivity index (χ0) is 25.4. The van der Waals surface area contributed by atoms with E-state index in [0.717, 1.165) is 12.3 Å². The van der Waals surface area contributed by atoms with E-state index in [4.69, 9.17) is 34.9 Å². The molecule has 33 heavy (non-hydrogen) atoms. The average Bonchev–Trinajstić information content (AvgIpc) is 2.84. The Morgan fingerprint density at radius 1 is 1.03 bits per heavy atom. The Morgan fingerprint density at radius 3 is 2.15 bits per heavy atom. The van der Waals surface area contributed by atoms with E-state index in [1.807, 2.05) is 0 Å². The van der Waals surface area contributed by atoms with Crippen LogP contribution in [0.2, 0.25) is 0 Å². The normalized spacial score (nSPS) is 27.7. The number of aliphatic hydroxyl groups is 1. The molecule has 1 aromatic heterocycles. The van der Waals surface area contributed by atoms with E-state index in [9.17, 15) is 33.1 Å². The zero-order valence-corrected chi connectivity index (χ0v) is 19.2. The van der Waals surface area contributed by atoms with Crippen LogP contribution in [-0.4, -0.2) is 68.9 Å². The van der Waals surface area contributed by atoms with Crippen LogP contribution in [0.15, 0.2) is 17.1 Å². The van der Waals surface area contributed by atoms with Gasteiger partial charge in [-0.3, -0.25) is 13.6 Å². The molecule has 2 rings (SSSR count). The maximum atomic E-state index is 12.0. The predicted molar refractivity (Wildman–Crippen MR) is 99.6 cm³/mol. The molecule has 0 aromatic carbocycles. The summed E-state index contributed by atoms with van der Waals surface area (Å²) in [5.74, 6) is -0.230. The number of ether oxygens (including phenoxy) is 1. The number of aromatic nitrogens is 2. The molecule has 20 nitrogen and oxygen atoms in total. The minimum Gasteiger partial charge on any atom is -0.387 e. The smallest absolute Gasteiger partial charge is 0.387 e. The van der Waals surface area contributed by atoms with Crippen LogP contribution in [-0.2, 0) is 40.7 Å². The molecule has 190 valence electrons. The number of phosphoric acid groups is 4. The SMILES string of the molecule is Nc1ccn([C@@H]2O[C@H](COP(=O)(O)OP(=O)(O)OP(=O)(O)O)[C@@H](O)[C@H]2OP(=O)(O)O)c(=O)n1. The Bertz CT molecular complexity index is 1110. The van der Waals surface area contributed by atoms with Crippen molar-refractivity contribution < 1.29 is 75.1 Å². The van der Waals surface area contributed by atoms with E-state index < -0.39 is 68.1 Å². The number of nitrogens with zero attached hydrogens (tertiary/aromatic N) is 2. The highest BCUT2D eigenvalue weighted by molar-refractivity contribution is 7.66. The maximum Gasteiger partial charge on any atom is 0.490 e. The molecule has 1 saturated heterocycles. The van der Waals surface area contributed by atoms with Gasteiger partial charge >= 0.3 is 37.0 Å². The van der Waals surface area contributed by atoms with Crippen LogP contribution < -0.4 is 11.4 Å². The van der Waals surface area contributed by atoms with E-state index in [1.54, 1.807) is 0 Å². The highest BCUT2D eigenvalue weighted by Crippen LogP contribution is 2.66. The zero-order valence-electron chi connectivity index (χ0n) is 15.6. The van der Waals surface area contributed by atoms with E-state index in [2.05, 4.69) is 22.7 Å². The van der Waals surface area contributed by atoms with Gasteiger partial charge in [-0.05, 0) is 6.07 Å². The highest BCUT2D eigenvalue weighted by atomic mass is 31.3. The molecular weight excluding hydrogens is 546 g/mol. The van der Waals surface area contributed by atoms with Crippen molar-refractivity contribution >= 4 is 37.1 Å². The molecule has 0 amide bonds. The standard InChI is InChI=1S/C9H17N3O17P4/c10-5-1-2-12(9(14)11-5)8-7(27-30(15,16)17)6(13)4(26-8)3-25-32(21,22)29-33(23,24)28-31(18,19)20/h1-2,4,6-8,13H,3H2,(H,21,22)(H,23,24)(H2,10,11,14)(H2,15,16,17)(H2,18,19,20)/t4-,6-,7-,8-/m1/s1. The van der Waals surface area contributed by atoms with Gasteiger partial charge in [0.25, 0.3) is 0 Å². The van der Waals surface area contributed by atoms with Gasteiger partial charge in [0.2, 0.25) is 0 Å². The molecule has 0 radical (unpaired) electrons. The lowest BCUT2D eigenvalue weighted by atomic mass is 10.1. The third-order valence-corrected chi connectivity index (χ3v) is 7.84. The van der Waals surface area contributed by atoms with Gasteiger partial charge in [-0.1, -0.05) is 0 Å². The first-order chi connectivity index (χ1) is 14.8. The molecule has 1 aromatic rings. The van der Waals surface area contributed by atoms with Gasteiger partial charge in [-0.25, -0.2) is 23.1 Å². The van der Waals surface area contributed by atoms with E-state index in [-0.39, 0.29) is 5.82 Å². The van der Waals surface area contributed by atoms with Crippen LogP contribution in [0.4, 0.5) is 5.82 Å². The fourth-order valence-corrected chi connectivity index (χ4v) is 6.02. The van der Waals surface area contributed by atoms with Crippen molar-refractivity contribution in [2.45, 2.75) is 24.5 Å². The Hall–Kier alpha value is -0.880. The molecule has 0 spiro atoms. The quantitative estimate of drug-likeness (QED) is 0.141. The summed E-state index contributed by atoms with van der Waals surface area (Å²) >= 11 is 0. The number of nitrogens with two attached hydrogens (primary N) is 1. The number of aliphatic hydroxyl groups excluding tert-OH is 1. The van der Waals surface area contributed by atoms with Gasteiger partial charge in [-0.15, -0.1) is 0 Å². The Balaban J connectivity index is 2.21. The van der Waals surface area contributed by atoms with Crippen molar-refractivity contribution in [3.05, 3.63) is 22.7 Å². The number of rotatable bonds is 10. The van der Waals surface area contributed by atoms with Crippen LogP contribution in [0.3, 0.4) is 0 Å².